The maximum absolute atomic E-state index is 12.7. The van der Waals surface area contributed by atoms with Gasteiger partial charge in [-0.1, -0.05) is 21.1 Å². The van der Waals surface area contributed by atoms with Crippen LogP contribution in [-0.2, 0) is 4.79 Å². The Bertz CT molecular complexity index is 763. The molecular weight excluding hydrogens is 374 g/mol. The topological polar surface area (TPSA) is 94.1 Å². The third-order valence-electron chi connectivity index (χ3n) is 4.35. The van der Waals surface area contributed by atoms with E-state index >= 15 is 0 Å². The van der Waals surface area contributed by atoms with E-state index in [2.05, 4.69) is 26.2 Å². The number of carbonyl (C=O) groups excluding carboxylic acids is 2. The molecule has 0 atom stereocenters. The third kappa shape index (κ3) is 3.19. The summed E-state index contributed by atoms with van der Waals surface area (Å²) in [5, 5.41) is 8.17. The maximum Gasteiger partial charge on any atom is 0.276 e. The van der Waals surface area contributed by atoms with Gasteiger partial charge in [0, 0.05) is 23.5 Å². The zero-order chi connectivity index (χ0) is 17.3. The van der Waals surface area contributed by atoms with Gasteiger partial charge in [-0.05, 0) is 44.0 Å². The summed E-state index contributed by atoms with van der Waals surface area (Å²) in [7, 11) is 0. The number of benzene rings is 1. The van der Waals surface area contributed by atoms with E-state index in [1.54, 1.807) is 9.58 Å². The van der Waals surface area contributed by atoms with Crippen molar-refractivity contribution in [1.29, 1.82) is 0 Å². The normalized spacial score (nSPS) is 15.5. The van der Waals surface area contributed by atoms with E-state index in [0.29, 0.717) is 37.3 Å². The van der Waals surface area contributed by atoms with Gasteiger partial charge in [0.2, 0.25) is 5.91 Å². The second kappa shape index (κ2) is 6.72. The monoisotopic (exact) mass is 391 g/mol. The van der Waals surface area contributed by atoms with Gasteiger partial charge < -0.3 is 10.6 Å². The van der Waals surface area contributed by atoms with E-state index in [0.717, 1.165) is 10.2 Å². The Kier molecular flexibility index (Phi) is 4.66. The number of aromatic nitrogens is 3. The van der Waals surface area contributed by atoms with E-state index in [1.165, 1.54) is 0 Å². The van der Waals surface area contributed by atoms with Gasteiger partial charge in [0.25, 0.3) is 5.91 Å². The molecule has 1 aliphatic heterocycles. The Morgan fingerprint density at radius 1 is 1.21 bits per heavy atom. The summed E-state index contributed by atoms with van der Waals surface area (Å²) in [6, 6.07) is 7.62. The van der Waals surface area contributed by atoms with Gasteiger partial charge in [0.05, 0.1) is 11.4 Å². The molecule has 2 heterocycles. The number of likely N-dealkylation sites (tertiary alicyclic amines) is 1. The molecule has 126 valence electrons. The largest absolute Gasteiger partial charge is 0.369 e. The highest BCUT2D eigenvalue weighted by Gasteiger charge is 2.29. The molecule has 2 aromatic rings. The van der Waals surface area contributed by atoms with Crippen LogP contribution in [-0.4, -0.2) is 44.8 Å². The van der Waals surface area contributed by atoms with Crippen LogP contribution in [0.4, 0.5) is 0 Å². The second-order valence-electron chi connectivity index (χ2n) is 5.88. The van der Waals surface area contributed by atoms with Crippen molar-refractivity contribution in [2.45, 2.75) is 19.8 Å². The van der Waals surface area contributed by atoms with Crippen LogP contribution in [0.2, 0.25) is 0 Å². The van der Waals surface area contributed by atoms with Crippen LogP contribution >= 0.6 is 15.9 Å². The molecule has 0 saturated carbocycles. The second-order valence-corrected chi connectivity index (χ2v) is 6.80. The van der Waals surface area contributed by atoms with Gasteiger partial charge in [-0.2, -0.15) is 0 Å². The molecule has 1 fully saturated rings. The summed E-state index contributed by atoms with van der Waals surface area (Å²) < 4.78 is 2.62. The van der Waals surface area contributed by atoms with Crippen molar-refractivity contribution >= 4 is 27.7 Å². The molecule has 1 aliphatic rings. The average Bonchev–Trinajstić information content (AvgIpc) is 2.96. The number of halogens is 1. The molecule has 1 aromatic carbocycles. The summed E-state index contributed by atoms with van der Waals surface area (Å²) in [5.74, 6) is -0.591. The van der Waals surface area contributed by atoms with Gasteiger partial charge in [-0.25, -0.2) is 4.68 Å². The van der Waals surface area contributed by atoms with Crippen LogP contribution in [0.3, 0.4) is 0 Å². The molecule has 7 nitrogen and oxygen atoms in total. The zero-order valence-corrected chi connectivity index (χ0v) is 14.9. The Balaban J connectivity index is 1.77. The summed E-state index contributed by atoms with van der Waals surface area (Å²) in [6.07, 6.45) is 1.20. The first-order valence-electron chi connectivity index (χ1n) is 7.74. The molecule has 24 heavy (non-hydrogen) atoms. The Labute approximate surface area is 147 Å². The first kappa shape index (κ1) is 16.6. The molecule has 0 aliphatic carbocycles. The van der Waals surface area contributed by atoms with Gasteiger partial charge >= 0.3 is 0 Å². The lowest BCUT2D eigenvalue weighted by Crippen LogP contribution is -2.42. The predicted molar refractivity (Wildman–Crippen MR) is 91.6 cm³/mol. The highest BCUT2D eigenvalue weighted by Crippen LogP contribution is 2.20. The van der Waals surface area contributed by atoms with Gasteiger partial charge in [-0.15, -0.1) is 5.10 Å². The standard InChI is InChI=1S/C16H18BrN5O2/c1-10-14(16(24)21-8-6-11(7-9-21)15(18)23)19-20-22(10)13-4-2-12(17)3-5-13/h2-5,11H,6-9H2,1H3,(H2,18,23). The lowest BCUT2D eigenvalue weighted by atomic mass is 9.96. The van der Waals surface area contributed by atoms with Crippen LogP contribution < -0.4 is 5.73 Å². The summed E-state index contributed by atoms with van der Waals surface area (Å²) in [4.78, 5) is 25.6. The molecular formula is C16H18BrN5O2. The fourth-order valence-corrected chi connectivity index (χ4v) is 3.14. The van der Waals surface area contributed by atoms with Crippen molar-refractivity contribution in [3.8, 4) is 5.69 Å². The van der Waals surface area contributed by atoms with E-state index in [9.17, 15) is 9.59 Å². The lowest BCUT2D eigenvalue weighted by molar-refractivity contribution is -0.123. The van der Waals surface area contributed by atoms with E-state index in [4.69, 9.17) is 5.73 Å². The number of piperidine rings is 1. The van der Waals surface area contributed by atoms with Crippen LogP contribution in [0.1, 0.15) is 29.0 Å². The van der Waals surface area contributed by atoms with E-state index in [1.807, 2.05) is 31.2 Å². The minimum atomic E-state index is -0.292. The highest BCUT2D eigenvalue weighted by molar-refractivity contribution is 9.10. The van der Waals surface area contributed by atoms with Crippen LogP contribution in [0.25, 0.3) is 5.69 Å². The number of carbonyl (C=O) groups is 2. The SMILES string of the molecule is Cc1c(C(=O)N2CCC(C(N)=O)CC2)nnn1-c1ccc(Br)cc1. The van der Waals surface area contributed by atoms with Gasteiger partial charge in [-0.3, -0.25) is 9.59 Å². The molecule has 8 heteroatoms. The molecule has 0 bridgehead atoms. The van der Waals surface area contributed by atoms with Crippen molar-refractivity contribution in [1.82, 2.24) is 19.9 Å². The third-order valence-corrected chi connectivity index (χ3v) is 4.88. The number of hydrogen-bond donors (Lipinski definition) is 1. The summed E-state index contributed by atoms with van der Waals surface area (Å²) in [6.45, 7) is 2.85. The van der Waals surface area contributed by atoms with Crippen LogP contribution in [0.5, 0.6) is 0 Å². The molecule has 1 aromatic heterocycles. The highest BCUT2D eigenvalue weighted by atomic mass is 79.9. The molecule has 1 saturated heterocycles. The smallest absolute Gasteiger partial charge is 0.276 e. The van der Waals surface area contributed by atoms with Crippen LogP contribution in [0.15, 0.2) is 28.7 Å². The average molecular weight is 392 g/mol. The molecule has 0 spiro atoms. The first-order valence-corrected chi connectivity index (χ1v) is 8.53. The Morgan fingerprint density at radius 2 is 1.83 bits per heavy atom. The number of nitrogens with two attached hydrogens (primary N) is 1. The van der Waals surface area contributed by atoms with Crippen molar-refractivity contribution in [3.63, 3.8) is 0 Å². The molecule has 3 rings (SSSR count). The number of rotatable bonds is 3. The zero-order valence-electron chi connectivity index (χ0n) is 13.3. The quantitative estimate of drug-likeness (QED) is 0.860. The van der Waals surface area contributed by atoms with Crippen molar-refractivity contribution in [2.75, 3.05) is 13.1 Å². The predicted octanol–water partition coefficient (Wildman–Crippen LogP) is 1.68. The van der Waals surface area contributed by atoms with E-state index < -0.39 is 0 Å². The first-order chi connectivity index (χ1) is 11.5. The number of primary amides is 1. The summed E-state index contributed by atoms with van der Waals surface area (Å²) >= 11 is 3.39. The minimum Gasteiger partial charge on any atom is -0.369 e. The van der Waals surface area contributed by atoms with Crippen molar-refractivity contribution in [2.24, 2.45) is 11.7 Å². The van der Waals surface area contributed by atoms with Crippen molar-refractivity contribution in [3.05, 3.63) is 40.1 Å². The lowest BCUT2D eigenvalue weighted by Gasteiger charge is -2.30. The molecule has 0 unspecified atom stereocenters. The molecule has 2 amide bonds. The van der Waals surface area contributed by atoms with E-state index in [-0.39, 0.29) is 17.7 Å². The summed E-state index contributed by atoms with van der Waals surface area (Å²) in [5.41, 5.74) is 7.21. The molecule has 2 N–H and O–H groups in total. The van der Waals surface area contributed by atoms with Gasteiger partial charge in [0.15, 0.2) is 5.69 Å². The molecule has 0 radical (unpaired) electrons. The Hall–Kier alpha value is -2.22. The van der Waals surface area contributed by atoms with Crippen LogP contribution in [0, 0.1) is 12.8 Å². The fraction of sp³-hybridized carbons (Fsp3) is 0.375. The minimum absolute atomic E-state index is 0.145. The number of nitrogens with zero attached hydrogens (tertiary/aromatic N) is 4. The number of amides is 2. The number of hydrogen-bond acceptors (Lipinski definition) is 4. The van der Waals surface area contributed by atoms with Gasteiger partial charge in [0.1, 0.15) is 0 Å². The fourth-order valence-electron chi connectivity index (χ4n) is 2.87. The maximum atomic E-state index is 12.7. The Morgan fingerprint density at radius 3 is 2.42 bits per heavy atom. The van der Waals surface area contributed by atoms with Crippen molar-refractivity contribution < 1.29 is 9.59 Å².